The molecule has 5 nitrogen and oxygen atoms in total. The molecule has 0 radical (unpaired) electrons. The normalized spacial score (nSPS) is 13.7. The summed E-state index contributed by atoms with van der Waals surface area (Å²) in [5.41, 5.74) is 1.96. The zero-order valence-corrected chi connectivity index (χ0v) is 23.1. The second-order valence-electron chi connectivity index (χ2n) is 9.25. The number of hydrogen-bond donors (Lipinski definition) is 1. The first-order chi connectivity index (χ1) is 19.1. The summed E-state index contributed by atoms with van der Waals surface area (Å²) in [6, 6.07) is 24.9. The number of benzene rings is 3. The lowest BCUT2D eigenvalue weighted by molar-refractivity contribution is -0.146. The quantitative estimate of drug-likeness (QED) is 0.204. The Hall–Kier alpha value is -3.73. The number of methoxy groups -OCH3 is 1. The Bertz CT molecular complexity index is 1740. The van der Waals surface area contributed by atoms with E-state index in [9.17, 15) is 21.6 Å². The molecule has 5 rings (SSSR count). The first-order valence-corrected chi connectivity index (χ1v) is 14.6. The lowest BCUT2D eigenvalue weighted by atomic mass is 9.99. The van der Waals surface area contributed by atoms with Gasteiger partial charge in [-0.3, -0.25) is 4.98 Å². The summed E-state index contributed by atoms with van der Waals surface area (Å²) >= 11 is 1.37. The fraction of sp³-hybridized carbons (Fsp3) is 0.167. The molecule has 0 fully saturated rings. The molecule has 10 heteroatoms. The number of thiophene rings is 1. The van der Waals surface area contributed by atoms with Crippen LogP contribution in [0.15, 0.2) is 102 Å². The van der Waals surface area contributed by atoms with E-state index in [0.29, 0.717) is 17.0 Å². The summed E-state index contributed by atoms with van der Waals surface area (Å²) < 4.78 is 75.8. The third-order valence-electron chi connectivity index (χ3n) is 6.67. The number of hydrogen-bond acceptors (Lipinski definition) is 5. The van der Waals surface area contributed by atoms with Crippen molar-refractivity contribution in [3.63, 3.8) is 0 Å². The van der Waals surface area contributed by atoms with E-state index in [4.69, 9.17) is 4.74 Å². The molecule has 0 amide bonds. The lowest BCUT2D eigenvalue weighted by Crippen LogP contribution is -2.29. The number of pyridine rings is 1. The number of fused-ring (bicyclic) bond motifs is 1. The third kappa shape index (κ3) is 5.74. The molecule has 0 aliphatic carbocycles. The van der Waals surface area contributed by atoms with Crippen molar-refractivity contribution in [1.29, 1.82) is 0 Å². The number of sulfonamides is 1. The molecule has 40 heavy (non-hydrogen) atoms. The maximum atomic E-state index is 13.4. The summed E-state index contributed by atoms with van der Waals surface area (Å²) in [6.07, 6.45) is -2.99. The van der Waals surface area contributed by atoms with Gasteiger partial charge in [0.1, 0.15) is 5.75 Å². The molecule has 0 saturated carbocycles. The van der Waals surface area contributed by atoms with Gasteiger partial charge in [0.05, 0.1) is 29.7 Å². The molecule has 0 aliphatic rings. The van der Waals surface area contributed by atoms with Crippen LogP contribution in [-0.2, 0) is 10.0 Å². The van der Waals surface area contributed by atoms with E-state index < -0.39 is 28.2 Å². The number of nitrogens with zero attached hydrogens (tertiary/aromatic N) is 1. The maximum absolute atomic E-state index is 13.4. The summed E-state index contributed by atoms with van der Waals surface area (Å²) in [5.74, 6) is -1.10. The fourth-order valence-electron chi connectivity index (χ4n) is 4.39. The maximum Gasteiger partial charge on any atom is 0.395 e. The van der Waals surface area contributed by atoms with E-state index in [1.807, 2.05) is 54.6 Å². The van der Waals surface area contributed by atoms with Crippen molar-refractivity contribution in [3.8, 4) is 17.0 Å². The third-order valence-corrected chi connectivity index (χ3v) is 9.36. The molecule has 2 aromatic heterocycles. The van der Waals surface area contributed by atoms with Crippen LogP contribution in [0.1, 0.15) is 34.9 Å². The molecule has 5 aromatic rings. The summed E-state index contributed by atoms with van der Waals surface area (Å²) in [5, 5.41) is 0.832. The van der Waals surface area contributed by atoms with Gasteiger partial charge < -0.3 is 4.74 Å². The van der Waals surface area contributed by atoms with Crippen molar-refractivity contribution < 1.29 is 26.3 Å². The molecule has 2 heterocycles. The fourth-order valence-corrected chi connectivity index (χ4v) is 6.93. The number of halogens is 3. The Labute approximate surface area is 234 Å². The van der Waals surface area contributed by atoms with Gasteiger partial charge in [-0.2, -0.15) is 17.9 Å². The predicted molar refractivity (Wildman–Crippen MR) is 151 cm³/mol. The van der Waals surface area contributed by atoms with Crippen molar-refractivity contribution in [2.24, 2.45) is 0 Å². The average molecular weight is 583 g/mol. The Morgan fingerprint density at radius 1 is 0.900 bits per heavy atom. The van der Waals surface area contributed by atoms with Gasteiger partial charge in [-0.05, 0) is 65.9 Å². The highest BCUT2D eigenvalue weighted by atomic mass is 32.2. The van der Waals surface area contributed by atoms with Crippen LogP contribution >= 0.6 is 11.3 Å². The van der Waals surface area contributed by atoms with Crippen molar-refractivity contribution in [2.75, 3.05) is 7.11 Å². The molecule has 3 aromatic carbocycles. The Morgan fingerprint density at radius 3 is 2.30 bits per heavy atom. The molecule has 1 N–H and O–H groups in total. The van der Waals surface area contributed by atoms with Crippen LogP contribution in [0.4, 0.5) is 13.2 Å². The SMILES string of the molecule is COc1ccc(S(=O)(=O)NC(c2ccccc2)c2cc3cccc(-c4cc([C@@H](C)C(F)(F)F)ccn4)c3s2)cc1. The van der Waals surface area contributed by atoms with Crippen molar-refractivity contribution in [3.05, 3.63) is 113 Å². The van der Waals surface area contributed by atoms with E-state index >= 15 is 0 Å². The minimum absolute atomic E-state index is 0.0934. The average Bonchev–Trinajstić information content (AvgIpc) is 3.40. The first kappa shape index (κ1) is 27.8. The van der Waals surface area contributed by atoms with Gasteiger partial charge in [0.25, 0.3) is 0 Å². The van der Waals surface area contributed by atoms with Crippen molar-refractivity contribution in [2.45, 2.75) is 30.0 Å². The molecule has 0 saturated heterocycles. The second kappa shape index (κ2) is 11.0. The Balaban J connectivity index is 1.58. The van der Waals surface area contributed by atoms with E-state index in [-0.39, 0.29) is 10.5 Å². The van der Waals surface area contributed by atoms with Crippen molar-refractivity contribution in [1.82, 2.24) is 9.71 Å². The van der Waals surface area contributed by atoms with Gasteiger partial charge in [-0.15, -0.1) is 11.3 Å². The van der Waals surface area contributed by atoms with Crippen LogP contribution in [-0.4, -0.2) is 26.7 Å². The molecule has 0 aliphatic heterocycles. The van der Waals surface area contributed by atoms with Gasteiger partial charge in [0.15, 0.2) is 0 Å². The molecule has 2 atom stereocenters. The van der Waals surface area contributed by atoms with Crippen LogP contribution in [0.5, 0.6) is 5.75 Å². The monoisotopic (exact) mass is 582 g/mol. The topological polar surface area (TPSA) is 68.3 Å². The van der Waals surface area contributed by atoms with Gasteiger partial charge in [0.2, 0.25) is 10.0 Å². The van der Waals surface area contributed by atoms with Gasteiger partial charge in [-0.25, -0.2) is 8.42 Å². The predicted octanol–water partition coefficient (Wildman–Crippen LogP) is 7.71. The standard InChI is InChI=1S/C30H25F3N2O3S2/c1-19(30(31,32)33)21-15-16-34-26(17-21)25-10-6-9-22-18-27(39-29(22)25)28(20-7-4-3-5-8-20)35-40(36,37)24-13-11-23(38-2)12-14-24/h3-19,28,35H,1-2H3/t19-,28?/m1/s1. The van der Waals surface area contributed by atoms with Crippen LogP contribution in [0.2, 0.25) is 0 Å². The molecule has 1 unspecified atom stereocenters. The zero-order chi connectivity index (χ0) is 28.5. The number of aromatic nitrogens is 1. The minimum Gasteiger partial charge on any atom is -0.497 e. The number of nitrogens with one attached hydrogen (secondary N) is 1. The molecule has 206 valence electrons. The smallest absolute Gasteiger partial charge is 0.395 e. The summed E-state index contributed by atoms with van der Waals surface area (Å²) in [4.78, 5) is 5.19. The van der Waals surface area contributed by atoms with Gasteiger partial charge >= 0.3 is 6.18 Å². The highest BCUT2D eigenvalue weighted by Gasteiger charge is 2.37. The van der Waals surface area contributed by atoms with Crippen LogP contribution in [0.3, 0.4) is 0 Å². The van der Waals surface area contributed by atoms with Crippen LogP contribution < -0.4 is 9.46 Å². The Morgan fingerprint density at radius 2 is 1.62 bits per heavy atom. The minimum atomic E-state index is -4.37. The highest BCUT2D eigenvalue weighted by molar-refractivity contribution is 7.89. The van der Waals surface area contributed by atoms with E-state index in [1.54, 1.807) is 12.1 Å². The van der Waals surface area contributed by atoms with Gasteiger partial charge in [0, 0.05) is 21.3 Å². The largest absolute Gasteiger partial charge is 0.497 e. The summed E-state index contributed by atoms with van der Waals surface area (Å²) in [7, 11) is -2.42. The number of alkyl halides is 3. The molecule has 0 bridgehead atoms. The molecular formula is C30H25F3N2O3S2. The Kier molecular flexibility index (Phi) is 7.67. The first-order valence-electron chi connectivity index (χ1n) is 12.3. The van der Waals surface area contributed by atoms with Crippen LogP contribution in [0, 0.1) is 0 Å². The molecular weight excluding hydrogens is 557 g/mol. The lowest BCUT2D eigenvalue weighted by Gasteiger charge is -2.18. The molecule has 0 spiro atoms. The second-order valence-corrected chi connectivity index (χ2v) is 12.0. The van der Waals surface area contributed by atoms with E-state index in [1.165, 1.54) is 48.9 Å². The van der Waals surface area contributed by atoms with E-state index in [2.05, 4.69) is 9.71 Å². The van der Waals surface area contributed by atoms with Crippen LogP contribution in [0.25, 0.3) is 21.3 Å². The zero-order valence-electron chi connectivity index (χ0n) is 21.5. The number of ether oxygens (including phenoxy) is 1. The van der Waals surface area contributed by atoms with Gasteiger partial charge in [-0.1, -0.05) is 48.5 Å². The summed E-state index contributed by atoms with van der Waals surface area (Å²) in [6.45, 7) is 1.13. The highest BCUT2D eigenvalue weighted by Crippen LogP contribution is 2.40. The van der Waals surface area contributed by atoms with Crippen molar-refractivity contribution >= 4 is 31.4 Å². The number of rotatable bonds is 8. The van der Waals surface area contributed by atoms with E-state index in [0.717, 1.165) is 27.5 Å².